The number of alkyl halides is 3. The summed E-state index contributed by atoms with van der Waals surface area (Å²) in [6.45, 7) is 0.613. The van der Waals surface area contributed by atoms with E-state index in [1.807, 2.05) is 0 Å². The van der Waals surface area contributed by atoms with Gasteiger partial charge in [-0.15, -0.1) is 0 Å². The highest BCUT2D eigenvalue weighted by molar-refractivity contribution is 6.30. The van der Waals surface area contributed by atoms with Crippen molar-refractivity contribution in [2.75, 3.05) is 6.54 Å². The molecule has 1 aromatic rings. The minimum Gasteiger partial charge on any atom is -0.373 e. The predicted molar refractivity (Wildman–Crippen MR) is 73.3 cm³/mol. The highest BCUT2D eigenvalue weighted by Crippen LogP contribution is 2.37. The highest BCUT2D eigenvalue weighted by Gasteiger charge is 2.45. The van der Waals surface area contributed by atoms with Gasteiger partial charge in [0.15, 0.2) is 0 Å². The van der Waals surface area contributed by atoms with E-state index in [0.717, 1.165) is 5.56 Å². The van der Waals surface area contributed by atoms with E-state index in [1.165, 1.54) is 6.20 Å². The van der Waals surface area contributed by atoms with Gasteiger partial charge < -0.3 is 10.6 Å². The SMILES string of the molecule is NC(=O)C1=CN(Cc2ccc(Cl)cc2)CC[C@H]1C(F)(F)F. The molecule has 0 saturated carbocycles. The van der Waals surface area contributed by atoms with Gasteiger partial charge in [-0.1, -0.05) is 23.7 Å². The molecular formula is C14H14ClF3N2O. The maximum Gasteiger partial charge on any atom is 0.396 e. The molecule has 21 heavy (non-hydrogen) atoms. The van der Waals surface area contributed by atoms with Gasteiger partial charge in [0.1, 0.15) is 0 Å². The molecule has 2 rings (SSSR count). The first kappa shape index (κ1) is 15.7. The first-order valence-electron chi connectivity index (χ1n) is 6.34. The van der Waals surface area contributed by atoms with Crippen LogP contribution in [0.15, 0.2) is 36.0 Å². The molecule has 0 aliphatic carbocycles. The van der Waals surface area contributed by atoms with Crippen molar-refractivity contribution in [2.45, 2.75) is 19.1 Å². The van der Waals surface area contributed by atoms with Crippen LogP contribution in [0.1, 0.15) is 12.0 Å². The van der Waals surface area contributed by atoms with Gasteiger partial charge in [-0.3, -0.25) is 4.79 Å². The predicted octanol–water partition coefficient (Wildman–Crippen LogP) is 3.09. The van der Waals surface area contributed by atoms with Gasteiger partial charge in [0.25, 0.3) is 0 Å². The van der Waals surface area contributed by atoms with Gasteiger partial charge >= 0.3 is 6.18 Å². The van der Waals surface area contributed by atoms with E-state index < -0.39 is 18.0 Å². The summed E-state index contributed by atoms with van der Waals surface area (Å²) in [5, 5.41) is 0.586. The Bertz CT molecular complexity index is 554. The molecule has 1 aromatic carbocycles. The van der Waals surface area contributed by atoms with E-state index in [9.17, 15) is 18.0 Å². The Hall–Kier alpha value is -1.69. The smallest absolute Gasteiger partial charge is 0.373 e. The van der Waals surface area contributed by atoms with Gasteiger partial charge in [-0.2, -0.15) is 13.2 Å². The molecule has 0 aromatic heterocycles. The second-order valence-electron chi connectivity index (χ2n) is 4.93. The number of hydrogen-bond donors (Lipinski definition) is 1. The Morgan fingerprint density at radius 2 is 1.95 bits per heavy atom. The molecule has 0 bridgehead atoms. The summed E-state index contributed by atoms with van der Waals surface area (Å²) in [7, 11) is 0. The van der Waals surface area contributed by atoms with E-state index in [2.05, 4.69) is 0 Å². The van der Waals surface area contributed by atoms with Gasteiger partial charge in [0.05, 0.1) is 5.92 Å². The molecule has 1 aliphatic rings. The monoisotopic (exact) mass is 318 g/mol. The maximum atomic E-state index is 12.9. The van der Waals surface area contributed by atoms with Gasteiger partial charge in [0, 0.05) is 29.9 Å². The minimum atomic E-state index is -4.45. The number of amides is 1. The van der Waals surface area contributed by atoms with E-state index in [0.29, 0.717) is 11.6 Å². The molecule has 2 N–H and O–H groups in total. The van der Waals surface area contributed by atoms with Crippen molar-refractivity contribution in [3.8, 4) is 0 Å². The molecule has 0 saturated heterocycles. The number of hydrogen-bond acceptors (Lipinski definition) is 2. The van der Waals surface area contributed by atoms with Crippen LogP contribution in [-0.4, -0.2) is 23.5 Å². The fraction of sp³-hybridized carbons (Fsp3) is 0.357. The van der Waals surface area contributed by atoms with Crippen LogP contribution in [0.4, 0.5) is 13.2 Å². The number of rotatable bonds is 3. The number of carbonyl (C=O) groups is 1. The molecule has 1 amide bonds. The van der Waals surface area contributed by atoms with Crippen LogP contribution < -0.4 is 5.73 Å². The van der Waals surface area contributed by atoms with Gasteiger partial charge in [-0.05, 0) is 24.1 Å². The minimum absolute atomic E-state index is 0.175. The van der Waals surface area contributed by atoms with Crippen molar-refractivity contribution >= 4 is 17.5 Å². The zero-order chi connectivity index (χ0) is 15.6. The lowest BCUT2D eigenvalue weighted by Crippen LogP contribution is -2.39. The van der Waals surface area contributed by atoms with Crippen molar-refractivity contribution in [1.29, 1.82) is 0 Å². The summed E-state index contributed by atoms with van der Waals surface area (Å²) in [6.07, 6.45) is -3.41. The molecular weight excluding hydrogens is 305 g/mol. The molecule has 7 heteroatoms. The number of nitrogens with zero attached hydrogens (tertiary/aromatic N) is 1. The van der Waals surface area contributed by atoms with Crippen LogP contribution in [0.2, 0.25) is 5.02 Å². The van der Waals surface area contributed by atoms with E-state index in [4.69, 9.17) is 17.3 Å². The van der Waals surface area contributed by atoms with Crippen LogP contribution in [-0.2, 0) is 11.3 Å². The average Bonchev–Trinajstić information content (AvgIpc) is 2.40. The largest absolute Gasteiger partial charge is 0.396 e. The highest BCUT2D eigenvalue weighted by atomic mass is 35.5. The quantitative estimate of drug-likeness (QED) is 0.931. The molecule has 114 valence electrons. The van der Waals surface area contributed by atoms with Crippen LogP contribution in [0.3, 0.4) is 0 Å². The van der Waals surface area contributed by atoms with E-state index >= 15 is 0 Å². The molecule has 1 atom stereocenters. The standard InChI is InChI=1S/C14H14ClF3N2O/c15-10-3-1-9(2-4-10)7-20-6-5-12(14(16,17)18)11(8-20)13(19)21/h1-4,8,12H,5-7H2,(H2,19,21)/t12-/m1/s1. The van der Waals surface area contributed by atoms with Gasteiger partial charge in [0.2, 0.25) is 5.91 Å². The third-order valence-corrected chi connectivity index (χ3v) is 3.63. The molecule has 0 spiro atoms. The molecule has 0 radical (unpaired) electrons. The summed E-state index contributed by atoms with van der Waals surface area (Å²) in [6, 6.07) is 6.99. The van der Waals surface area contributed by atoms with Crippen LogP contribution >= 0.6 is 11.6 Å². The number of carbonyl (C=O) groups excluding carboxylic acids is 1. The molecule has 1 aliphatic heterocycles. The summed E-state index contributed by atoms with van der Waals surface area (Å²) in [5.41, 5.74) is 5.59. The summed E-state index contributed by atoms with van der Waals surface area (Å²) >= 11 is 5.78. The van der Waals surface area contributed by atoms with Crippen molar-refractivity contribution in [3.05, 3.63) is 46.6 Å². The zero-order valence-electron chi connectivity index (χ0n) is 11.0. The number of nitrogens with two attached hydrogens (primary N) is 1. The lowest BCUT2D eigenvalue weighted by molar-refractivity contribution is -0.170. The lowest BCUT2D eigenvalue weighted by Gasteiger charge is -2.32. The second kappa shape index (κ2) is 5.97. The topological polar surface area (TPSA) is 46.3 Å². The first-order valence-corrected chi connectivity index (χ1v) is 6.72. The molecule has 0 fully saturated rings. The van der Waals surface area contributed by atoms with Crippen molar-refractivity contribution < 1.29 is 18.0 Å². The fourth-order valence-corrected chi connectivity index (χ4v) is 2.45. The number of primary amides is 1. The Morgan fingerprint density at radius 1 is 1.33 bits per heavy atom. The third-order valence-electron chi connectivity index (χ3n) is 3.38. The summed E-state index contributed by atoms with van der Waals surface area (Å²) < 4.78 is 38.6. The summed E-state index contributed by atoms with van der Waals surface area (Å²) in [4.78, 5) is 12.9. The van der Waals surface area contributed by atoms with Gasteiger partial charge in [-0.25, -0.2) is 0 Å². The van der Waals surface area contributed by atoms with E-state index in [1.54, 1.807) is 29.2 Å². The van der Waals surface area contributed by atoms with Crippen molar-refractivity contribution in [2.24, 2.45) is 11.7 Å². The van der Waals surface area contributed by atoms with Crippen molar-refractivity contribution in [3.63, 3.8) is 0 Å². The van der Waals surface area contributed by atoms with Crippen LogP contribution in [0.25, 0.3) is 0 Å². The Morgan fingerprint density at radius 3 is 2.48 bits per heavy atom. The summed E-state index contributed by atoms with van der Waals surface area (Å²) in [5.74, 6) is -2.81. The number of halogens is 4. The number of benzene rings is 1. The molecule has 1 heterocycles. The zero-order valence-corrected chi connectivity index (χ0v) is 11.8. The normalized spacial score (nSPS) is 19.3. The van der Waals surface area contributed by atoms with Crippen molar-refractivity contribution in [1.82, 2.24) is 4.90 Å². The van der Waals surface area contributed by atoms with E-state index in [-0.39, 0.29) is 18.5 Å². The first-order chi connectivity index (χ1) is 9.77. The molecule has 0 unspecified atom stereocenters. The van der Waals surface area contributed by atoms with Crippen LogP contribution in [0, 0.1) is 5.92 Å². The second-order valence-corrected chi connectivity index (χ2v) is 5.36. The van der Waals surface area contributed by atoms with Crippen LogP contribution in [0.5, 0.6) is 0 Å². The Labute approximate surface area is 125 Å². The maximum absolute atomic E-state index is 12.9. The molecule has 3 nitrogen and oxygen atoms in total. The Kier molecular flexibility index (Phi) is 4.46. The fourth-order valence-electron chi connectivity index (χ4n) is 2.33. The lowest BCUT2D eigenvalue weighted by atomic mass is 9.91. The third kappa shape index (κ3) is 3.91. The average molecular weight is 319 g/mol. The Balaban J connectivity index is 2.18.